The highest BCUT2D eigenvalue weighted by molar-refractivity contribution is 6.19. The van der Waals surface area contributed by atoms with Crippen LogP contribution in [0, 0.1) is 0 Å². The minimum Gasteiger partial charge on any atom is -0.455 e. The van der Waals surface area contributed by atoms with Crippen LogP contribution < -0.4 is 0 Å². The fraction of sp³-hybridized carbons (Fsp3) is 0. The summed E-state index contributed by atoms with van der Waals surface area (Å²) in [6.45, 7) is 0. The molecule has 3 nitrogen and oxygen atoms in total. The molecule has 10 aromatic rings. The fourth-order valence-corrected chi connectivity index (χ4v) is 7.34. The molecule has 3 aromatic heterocycles. The molecule has 228 valence electrons. The van der Waals surface area contributed by atoms with Crippen LogP contribution in [0.2, 0.25) is 0 Å². The van der Waals surface area contributed by atoms with Crippen LogP contribution in [-0.2, 0) is 0 Å². The van der Waals surface area contributed by atoms with E-state index in [4.69, 9.17) is 9.40 Å². The summed E-state index contributed by atoms with van der Waals surface area (Å²) < 4.78 is 6.62. The molecule has 0 saturated carbocycles. The zero-order chi connectivity index (χ0) is 32.3. The fourth-order valence-electron chi connectivity index (χ4n) is 7.34. The second kappa shape index (κ2) is 11.0. The Hall–Kier alpha value is -6.58. The number of hydrogen-bond acceptors (Lipinski definition) is 3. The molecule has 0 unspecified atom stereocenters. The van der Waals surface area contributed by atoms with Crippen LogP contribution in [0.5, 0.6) is 0 Å². The Labute approximate surface area is 282 Å². The quantitative estimate of drug-likeness (QED) is 0.183. The summed E-state index contributed by atoms with van der Waals surface area (Å²) >= 11 is 0. The van der Waals surface area contributed by atoms with E-state index in [9.17, 15) is 0 Å². The second-order valence-corrected chi connectivity index (χ2v) is 12.6. The van der Waals surface area contributed by atoms with Gasteiger partial charge in [-0.2, -0.15) is 0 Å². The molecule has 0 aliphatic heterocycles. The van der Waals surface area contributed by atoms with Crippen molar-refractivity contribution in [3.8, 4) is 44.6 Å². The third kappa shape index (κ3) is 4.51. The van der Waals surface area contributed by atoms with Gasteiger partial charge in [0, 0.05) is 38.7 Å². The molecule has 10 rings (SSSR count). The highest BCUT2D eigenvalue weighted by Gasteiger charge is 2.17. The van der Waals surface area contributed by atoms with Gasteiger partial charge in [-0.1, -0.05) is 127 Å². The first-order valence-corrected chi connectivity index (χ1v) is 16.6. The minimum atomic E-state index is 0.883. The largest absolute Gasteiger partial charge is 0.455 e. The molecule has 49 heavy (non-hydrogen) atoms. The minimum absolute atomic E-state index is 0.883. The lowest BCUT2D eigenvalue weighted by atomic mass is 9.92. The zero-order valence-corrected chi connectivity index (χ0v) is 26.5. The van der Waals surface area contributed by atoms with E-state index in [1.54, 1.807) is 0 Å². The summed E-state index contributed by atoms with van der Waals surface area (Å²) in [4.78, 5) is 9.81. The van der Waals surface area contributed by atoms with Crippen molar-refractivity contribution in [3.05, 3.63) is 170 Å². The maximum atomic E-state index is 6.62. The van der Waals surface area contributed by atoms with Crippen LogP contribution in [0.25, 0.3) is 99.2 Å². The van der Waals surface area contributed by atoms with Gasteiger partial charge in [0.1, 0.15) is 11.2 Å². The molecule has 0 amide bonds. The predicted molar refractivity (Wildman–Crippen MR) is 204 cm³/mol. The first kappa shape index (κ1) is 27.5. The number of furan rings is 1. The van der Waals surface area contributed by atoms with Gasteiger partial charge in [0.15, 0.2) is 0 Å². The first-order valence-electron chi connectivity index (χ1n) is 16.6. The van der Waals surface area contributed by atoms with E-state index in [1.807, 2.05) is 12.3 Å². The Morgan fingerprint density at radius 1 is 0.388 bits per heavy atom. The van der Waals surface area contributed by atoms with Gasteiger partial charge in [0.25, 0.3) is 0 Å². The molecule has 0 aliphatic carbocycles. The van der Waals surface area contributed by atoms with E-state index in [-0.39, 0.29) is 0 Å². The van der Waals surface area contributed by atoms with Crippen molar-refractivity contribution in [2.45, 2.75) is 0 Å². The molecule has 3 heteroatoms. The topological polar surface area (TPSA) is 38.9 Å². The Morgan fingerprint density at radius 3 is 1.96 bits per heavy atom. The Morgan fingerprint density at radius 2 is 1.08 bits per heavy atom. The zero-order valence-electron chi connectivity index (χ0n) is 26.5. The van der Waals surface area contributed by atoms with Gasteiger partial charge in [-0.15, -0.1) is 0 Å². The highest BCUT2D eigenvalue weighted by atomic mass is 16.3. The Kier molecular flexibility index (Phi) is 6.18. The van der Waals surface area contributed by atoms with Crippen molar-refractivity contribution in [2.24, 2.45) is 0 Å². The number of rotatable bonds is 4. The summed E-state index contributed by atoms with van der Waals surface area (Å²) in [5, 5.41) is 6.64. The SMILES string of the molecule is c1ccc(-c2ccccc2-c2ccc3oc4c5ccccc5c(-c5cccc(-c6ccc7ccc8cccnc8c7n6)c5)cc4c3c2)cc1. The van der Waals surface area contributed by atoms with E-state index in [1.165, 1.54) is 16.7 Å². The van der Waals surface area contributed by atoms with Crippen LogP contribution in [0.1, 0.15) is 0 Å². The summed E-state index contributed by atoms with van der Waals surface area (Å²) in [6.07, 6.45) is 1.84. The molecular weight excluding hydrogens is 597 g/mol. The summed E-state index contributed by atoms with van der Waals surface area (Å²) in [5.41, 5.74) is 12.7. The van der Waals surface area contributed by atoms with Crippen molar-refractivity contribution in [3.63, 3.8) is 0 Å². The number of aromatic nitrogens is 2. The normalized spacial score (nSPS) is 11.7. The van der Waals surface area contributed by atoms with Gasteiger partial charge >= 0.3 is 0 Å². The van der Waals surface area contributed by atoms with E-state index in [0.29, 0.717) is 0 Å². The van der Waals surface area contributed by atoms with Gasteiger partial charge in [0.2, 0.25) is 0 Å². The van der Waals surface area contributed by atoms with Gasteiger partial charge in [-0.25, -0.2) is 4.98 Å². The predicted octanol–water partition coefficient (Wildman–Crippen LogP) is 12.5. The lowest BCUT2D eigenvalue weighted by molar-refractivity contribution is 0.673. The maximum Gasteiger partial charge on any atom is 0.143 e. The average Bonchev–Trinajstić information content (AvgIpc) is 3.56. The molecule has 0 radical (unpaired) electrons. The monoisotopic (exact) mass is 624 g/mol. The van der Waals surface area contributed by atoms with Crippen LogP contribution in [-0.4, -0.2) is 9.97 Å². The molecule has 7 aromatic carbocycles. The van der Waals surface area contributed by atoms with Crippen molar-refractivity contribution in [1.29, 1.82) is 0 Å². The van der Waals surface area contributed by atoms with Gasteiger partial charge in [-0.05, 0) is 75.2 Å². The molecule has 0 N–H and O–H groups in total. The number of nitrogens with zero attached hydrogens (tertiary/aromatic N) is 2. The van der Waals surface area contributed by atoms with Crippen molar-refractivity contribution >= 4 is 54.5 Å². The summed E-state index contributed by atoms with van der Waals surface area (Å²) in [6, 6.07) is 57.9. The molecule has 0 fully saturated rings. The number of benzene rings is 7. The van der Waals surface area contributed by atoms with Crippen molar-refractivity contribution < 1.29 is 4.42 Å². The summed E-state index contributed by atoms with van der Waals surface area (Å²) in [7, 11) is 0. The standard InChI is InChI=1S/C46H28N2O/c1-2-10-29(11-3-1)35-15-4-5-16-36(35)33-22-24-43-40(27-33)41-28-39(37-17-6-7-18-38(37)46(41)49-43)32-12-8-13-34(26-32)42-23-21-31-20-19-30-14-9-25-47-44(30)45(31)48-42/h1-28H. The van der Waals surface area contributed by atoms with E-state index < -0.39 is 0 Å². The molecule has 3 heterocycles. The Balaban J connectivity index is 1.15. The molecule has 0 bridgehead atoms. The first-order chi connectivity index (χ1) is 24.3. The van der Waals surface area contributed by atoms with Crippen LogP contribution in [0.3, 0.4) is 0 Å². The van der Waals surface area contributed by atoms with Crippen LogP contribution in [0.4, 0.5) is 0 Å². The van der Waals surface area contributed by atoms with Crippen molar-refractivity contribution in [1.82, 2.24) is 9.97 Å². The third-order valence-corrected chi connectivity index (χ3v) is 9.70. The van der Waals surface area contributed by atoms with Crippen LogP contribution >= 0.6 is 0 Å². The number of fused-ring (bicyclic) bond motifs is 8. The van der Waals surface area contributed by atoms with E-state index >= 15 is 0 Å². The van der Waals surface area contributed by atoms with Crippen molar-refractivity contribution in [2.75, 3.05) is 0 Å². The maximum absolute atomic E-state index is 6.62. The Bertz CT molecular complexity index is 2890. The molecular formula is C46H28N2O. The van der Waals surface area contributed by atoms with Crippen LogP contribution in [0.15, 0.2) is 174 Å². The molecule has 0 spiro atoms. The van der Waals surface area contributed by atoms with Gasteiger partial charge in [0.05, 0.1) is 16.7 Å². The van der Waals surface area contributed by atoms with E-state index in [0.717, 1.165) is 82.5 Å². The summed E-state index contributed by atoms with van der Waals surface area (Å²) in [5.74, 6) is 0. The lowest BCUT2D eigenvalue weighted by Gasteiger charge is -2.11. The lowest BCUT2D eigenvalue weighted by Crippen LogP contribution is -1.89. The second-order valence-electron chi connectivity index (χ2n) is 12.6. The average molecular weight is 625 g/mol. The molecule has 0 saturated heterocycles. The van der Waals surface area contributed by atoms with E-state index in [2.05, 4.69) is 163 Å². The molecule has 0 atom stereocenters. The number of pyridine rings is 2. The smallest absolute Gasteiger partial charge is 0.143 e. The van der Waals surface area contributed by atoms with Gasteiger partial charge in [-0.3, -0.25) is 4.98 Å². The number of hydrogen-bond donors (Lipinski definition) is 0. The molecule has 0 aliphatic rings. The van der Waals surface area contributed by atoms with Gasteiger partial charge < -0.3 is 4.42 Å². The third-order valence-electron chi connectivity index (χ3n) is 9.70. The highest BCUT2D eigenvalue weighted by Crippen LogP contribution is 2.42.